The van der Waals surface area contributed by atoms with Gasteiger partial charge in [0.25, 0.3) is 0 Å². The summed E-state index contributed by atoms with van der Waals surface area (Å²) in [5.74, 6) is 1.65. The van der Waals surface area contributed by atoms with Gasteiger partial charge in [0.15, 0.2) is 5.76 Å². The molecule has 0 saturated carbocycles. The fraction of sp³-hybridized carbons (Fsp3) is 0.440. The molecule has 0 bridgehead atoms. The topological polar surface area (TPSA) is 72.1 Å². The summed E-state index contributed by atoms with van der Waals surface area (Å²) in [6.07, 6.45) is 5.89. The Hall–Kier alpha value is -3.02. The summed E-state index contributed by atoms with van der Waals surface area (Å²) in [5.41, 5.74) is 5.81. The van der Waals surface area contributed by atoms with E-state index < -0.39 is 0 Å². The van der Waals surface area contributed by atoms with Crippen LogP contribution in [0.4, 0.5) is 0 Å². The molecule has 0 aliphatic carbocycles. The lowest BCUT2D eigenvalue weighted by Crippen LogP contribution is -2.32. The number of aryl methyl sites for hydroxylation is 3. The molecule has 31 heavy (non-hydrogen) atoms. The van der Waals surface area contributed by atoms with Crippen LogP contribution in [0.5, 0.6) is 0 Å². The maximum atomic E-state index is 13.3. The van der Waals surface area contributed by atoms with E-state index in [2.05, 4.69) is 36.1 Å². The van der Waals surface area contributed by atoms with Crippen molar-refractivity contribution in [2.24, 2.45) is 0 Å². The second-order valence-electron chi connectivity index (χ2n) is 8.46. The number of hydrogen-bond donors (Lipinski definition) is 0. The van der Waals surface area contributed by atoms with Gasteiger partial charge in [0, 0.05) is 24.7 Å². The van der Waals surface area contributed by atoms with Gasteiger partial charge in [-0.25, -0.2) is 9.97 Å². The highest BCUT2D eigenvalue weighted by Crippen LogP contribution is 2.38. The van der Waals surface area contributed by atoms with Gasteiger partial charge in [0.2, 0.25) is 5.91 Å². The van der Waals surface area contributed by atoms with Crippen molar-refractivity contribution < 1.29 is 9.32 Å². The van der Waals surface area contributed by atoms with Gasteiger partial charge in [0.1, 0.15) is 5.82 Å². The Kier molecular flexibility index (Phi) is 6.16. The number of hydrogen-bond acceptors (Lipinski definition) is 5. The van der Waals surface area contributed by atoms with Crippen LogP contribution in [0.25, 0.3) is 11.3 Å². The van der Waals surface area contributed by atoms with Crippen LogP contribution in [-0.2, 0) is 17.6 Å². The summed E-state index contributed by atoms with van der Waals surface area (Å²) in [6, 6.07) is 8.11. The summed E-state index contributed by atoms with van der Waals surface area (Å²) >= 11 is 0. The summed E-state index contributed by atoms with van der Waals surface area (Å²) < 4.78 is 5.65. The van der Waals surface area contributed by atoms with Crippen LogP contribution in [-0.4, -0.2) is 32.5 Å². The van der Waals surface area contributed by atoms with Crippen molar-refractivity contribution in [3.05, 3.63) is 64.4 Å². The first kappa shape index (κ1) is 21.2. The maximum Gasteiger partial charge on any atom is 0.227 e. The Morgan fingerprint density at radius 2 is 1.97 bits per heavy atom. The molecule has 1 atom stereocenters. The lowest BCUT2D eigenvalue weighted by molar-refractivity contribution is -0.131. The third-order valence-corrected chi connectivity index (χ3v) is 6.11. The summed E-state index contributed by atoms with van der Waals surface area (Å²) in [7, 11) is 0. The van der Waals surface area contributed by atoms with Crippen LogP contribution in [0.2, 0.25) is 0 Å². The number of nitrogens with zero attached hydrogens (tertiary/aromatic N) is 4. The standard InChI is InChI=1S/C25H30N4O2/c1-5-7-22-26-15-20(25-17(3)18(4)28-31-25)24(27-22)21-8-6-13-29(21)23(30)14-19-11-9-16(2)10-12-19/h9-12,15,21H,5-8,13-14H2,1-4H3/t21-/m1/s1. The smallest absolute Gasteiger partial charge is 0.227 e. The van der Waals surface area contributed by atoms with E-state index in [1.807, 2.05) is 37.1 Å². The number of amides is 1. The number of rotatable bonds is 6. The predicted octanol–water partition coefficient (Wildman–Crippen LogP) is 4.92. The van der Waals surface area contributed by atoms with Gasteiger partial charge in [-0.1, -0.05) is 41.9 Å². The van der Waals surface area contributed by atoms with Crippen LogP contribution in [0.15, 0.2) is 35.0 Å². The van der Waals surface area contributed by atoms with Crippen LogP contribution in [0, 0.1) is 20.8 Å². The molecule has 4 rings (SSSR count). The molecule has 6 heteroatoms. The highest BCUT2D eigenvalue weighted by atomic mass is 16.5. The van der Waals surface area contributed by atoms with Crippen molar-refractivity contribution in [3.8, 4) is 11.3 Å². The molecule has 0 unspecified atom stereocenters. The molecule has 1 aliphatic heterocycles. The number of aromatic nitrogens is 3. The van der Waals surface area contributed by atoms with Crippen molar-refractivity contribution in [2.75, 3.05) is 6.54 Å². The Morgan fingerprint density at radius 1 is 1.19 bits per heavy atom. The number of benzene rings is 1. The number of likely N-dealkylation sites (tertiary alicyclic amines) is 1. The second-order valence-corrected chi connectivity index (χ2v) is 8.46. The molecule has 3 heterocycles. The first-order valence-electron chi connectivity index (χ1n) is 11.1. The van der Waals surface area contributed by atoms with E-state index >= 15 is 0 Å². The SMILES string of the molecule is CCCc1ncc(-c2onc(C)c2C)c([C@H]2CCCN2C(=O)Cc2ccc(C)cc2)n1. The zero-order valence-electron chi connectivity index (χ0n) is 18.8. The van der Waals surface area contributed by atoms with Crippen molar-refractivity contribution in [3.63, 3.8) is 0 Å². The normalized spacial score (nSPS) is 16.1. The fourth-order valence-corrected chi connectivity index (χ4v) is 4.20. The highest BCUT2D eigenvalue weighted by Gasteiger charge is 2.34. The third kappa shape index (κ3) is 4.38. The Bertz CT molecular complexity index is 1070. The molecule has 1 aromatic carbocycles. The predicted molar refractivity (Wildman–Crippen MR) is 120 cm³/mol. The quantitative estimate of drug-likeness (QED) is 0.568. The molecule has 3 aromatic rings. The largest absolute Gasteiger partial charge is 0.356 e. The lowest BCUT2D eigenvalue weighted by Gasteiger charge is -2.26. The molecule has 0 N–H and O–H groups in total. The van der Waals surface area contributed by atoms with E-state index in [0.29, 0.717) is 12.2 Å². The highest BCUT2D eigenvalue weighted by molar-refractivity contribution is 5.80. The lowest BCUT2D eigenvalue weighted by atomic mass is 10.0. The monoisotopic (exact) mass is 418 g/mol. The van der Waals surface area contributed by atoms with Crippen molar-refractivity contribution in [1.29, 1.82) is 0 Å². The van der Waals surface area contributed by atoms with E-state index in [1.54, 1.807) is 0 Å². The van der Waals surface area contributed by atoms with E-state index in [9.17, 15) is 4.79 Å². The molecular formula is C25H30N4O2. The van der Waals surface area contributed by atoms with Crippen molar-refractivity contribution in [2.45, 2.75) is 65.8 Å². The van der Waals surface area contributed by atoms with Crippen LogP contribution in [0.3, 0.4) is 0 Å². The van der Waals surface area contributed by atoms with Gasteiger partial charge in [-0.05, 0) is 45.6 Å². The second kappa shape index (κ2) is 9.00. The number of carbonyl (C=O) groups excluding carboxylic acids is 1. The van der Waals surface area contributed by atoms with Gasteiger partial charge in [0.05, 0.1) is 29.4 Å². The third-order valence-electron chi connectivity index (χ3n) is 6.11. The van der Waals surface area contributed by atoms with E-state index in [-0.39, 0.29) is 11.9 Å². The number of carbonyl (C=O) groups is 1. The zero-order valence-corrected chi connectivity index (χ0v) is 18.8. The molecule has 0 spiro atoms. The van der Waals surface area contributed by atoms with Gasteiger partial charge >= 0.3 is 0 Å². The van der Waals surface area contributed by atoms with E-state index in [4.69, 9.17) is 9.51 Å². The van der Waals surface area contributed by atoms with E-state index in [1.165, 1.54) is 5.56 Å². The van der Waals surface area contributed by atoms with Crippen molar-refractivity contribution >= 4 is 5.91 Å². The van der Waals surface area contributed by atoms with Gasteiger partial charge in [-0.15, -0.1) is 0 Å². The summed E-state index contributed by atoms with van der Waals surface area (Å²) in [6.45, 7) is 8.85. The fourth-order valence-electron chi connectivity index (χ4n) is 4.20. The average molecular weight is 419 g/mol. The molecule has 0 radical (unpaired) electrons. The molecule has 6 nitrogen and oxygen atoms in total. The van der Waals surface area contributed by atoms with Gasteiger partial charge in [-0.2, -0.15) is 0 Å². The minimum absolute atomic E-state index is 0.0728. The Labute approximate surface area is 183 Å². The summed E-state index contributed by atoms with van der Waals surface area (Å²) in [5, 5.41) is 4.12. The maximum absolute atomic E-state index is 13.3. The molecule has 2 aromatic heterocycles. The molecule has 1 amide bonds. The first-order chi connectivity index (χ1) is 15.0. The first-order valence-corrected chi connectivity index (χ1v) is 11.1. The van der Waals surface area contributed by atoms with Crippen molar-refractivity contribution in [1.82, 2.24) is 20.0 Å². The molecule has 162 valence electrons. The Balaban J connectivity index is 1.68. The molecule has 1 aliphatic rings. The minimum Gasteiger partial charge on any atom is -0.356 e. The van der Waals surface area contributed by atoms with Crippen LogP contribution < -0.4 is 0 Å². The van der Waals surface area contributed by atoms with Gasteiger partial charge in [-0.3, -0.25) is 4.79 Å². The molecule has 1 fully saturated rings. The van der Waals surface area contributed by atoms with Gasteiger partial charge < -0.3 is 9.42 Å². The van der Waals surface area contributed by atoms with Crippen LogP contribution >= 0.6 is 0 Å². The molecule has 1 saturated heterocycles. The minimum atomic E-state index is -0.0728. The zero-order chi connectivity index (χ0) is 22.0. The van der Waals surface area contributed by atoms with Crippen LogP contribution in [0.1, 0.15) is 66.1 Å². The summed E-state index contributed by atoms with van der Waals surface area (Å²) in [4.78, 5) is 24.7. The average Bonchev–Trinajstić information content (AvgIpc) is 3.38. The van der Waals surface area contributed by atoms with E-state index in [0.717, 1.165) is 66.1 Å². The molecular weight excluding hydrogens is 388 g/mol. The Morgan fingerprint density at radius 3 is 2.65 bits per heavy atom.